The van der Waals surface area contributed by atoms with Crippen LogP contribution in [-0.2, 0) is 35.9 Å². The third-order valence-electron chi connectivity index (χ3n) is 7.82. The fraction of sp³-hybridized carbons (Fsp3) is 0.536. The Balaban J connectivity index is 0.000000384. The lowest BCUT2D eigenvalue weighted by molar-refractivity contribution is 0.118. The minimum atomic E-state index is -2.62. The molecule has 0 radical (unpaired) electrons. The first kappa shape index (κ1) is 27.1. The van der Waals surface area contributed by atoms with Gasteiger partial charge in [0.05, 0.1) is 19.9 Å². The molecule has 210 valence electrons. The zero-order valence-electron chi connectivity index (χ0n) is 22.8. The van der Waals surface area contributed by atoms with Crippen molar-refractivity contribution in [2.45, 2.75) is 52.0 Å². The predicted octanol–water partition coefficient (Wildman–Crippen LogP) is 5.39. The van der Waals surface area contributed by atoms with Gasteiger partial charge in [0.25, 0.3) is 6.43 Å². The number of hydrogen-bond acceptors (Lipinski definition) is 6. The number of alkyl halides is 2. The van der Waals surface area contributed by atoms with Gasteiger partial charge < -0.3 is 19.3 Å². The maximum absolute atomic E-state index is 14.1. The van der Waals surface area contributed by atoms with E-state index in [9.17, 15) is 13.6 Å². The van der Waals surface area contributed by atoms with Crippen LogP contribution < -0.4 is 4.90 Å². The third kappa shape index (κ3) is 5.63. The lowest BCUT2D eigenvalue weighted by Gasteiger charge is -2.33. The topological polar surface area (TPSA) is 88.5 Å². The van der Waals surface area contributed by atoms with Gasteiger partial charge in [-0.05, 0) is 48.4 Å². The predicted molar refractivity (Wildman–Crippen MR) is 143 cm³/mol. The van der Waals surface area contributed by atoms with Crippen LogP contribution in [0.1, 0.15) is 55.0 Å². The van der Waals surface area contributed by atoms with Gasteiger partial charge in [-0.25, -0.2) is 13.6 Å². The number of carbonyl (C=O) groups is 1. The number of carbonyl (C=O) groups excluding carboxylic acids is 1. The molecule has 0 spiro atoms. The number of hydrogen-bond donors (Lipinski definition) is 1. The van der Waals surface area contributed by atoms with Crippen molar-refractivity contribution in [1.82, 2.24) is 24.9 Å². The van der Waals surface area contributed by atoms with Gasteiger partial charge in [0.15, 0.2) is 5.82 Å². The van der Waals surface area contributed by atoms with E-state index in [4.69, 9.17) is 9.47 Å². The summed E-state index contributed by atoms with van der Waals surface area (Å²) in [6.45, 7) is 5.81. The smallest absolute Gasteiger partial charge is 0.409 e. The van der Waals surface area contributed by atoms with Crippen LogP contribution in [0.4, 0.5) is 25.1 Å². The highest BCUT2D eigenvalue weighted by Crippen LogP contribution is 2.42. The Bertz CT molecular complexity index is 1300. The summed E-state index contributed by atoms with van der Waals surface area (Å²) < 4.78 is 39.8. The number of anilines is 2. The average molecular weight is 543 g/mol. The highest BCUT2D eigenvalue weighted by atomic mass is 19.3. The number of ether oxygens (including phenoxy) is 2. The minimum Gasteiger partial charge on any atom is -0.453 e. The number of H-pyrrole nitrogens is 1. The van der Waals surface area contributed by atoms with E-state index in [0.29, 0.717) is 43.0 Å². The van der Waals surface area contributed by atoms with Gasteiger partial charge in [-0.1, -0.05) is 13.3 Å². The Morgan fingerprint density at radius 2 is 2.13 bits per heavy atom. The van der Waals surface area contributed by atoms with E-state index >= 15 is 0 Å². The van der Waals surface area contributed by atoms with Crippen molar-refractivity contribution in [3.05, 3.63) is 46.9 Å². The molecule has 3 aliphatic rings. The SMILES string of the molecule is CC[C@H]1CCOC1.COC(=O)N1CCc2[nH]nc(N3CCCc4cc(-c5cnn(C)c5)c(C(F)F)cc43)c2C1. The Labute approximate surface area is 227 Å². The number of halogens is 2. The van der Waals surface area contributed by atoms with E-state index in [1.165, 1.54) is 20.0 Å². The van der Waals surface area contributed by atoms with Crippen molar-refractivity contribution < 1.29 is 23.0 Å². The van der Waals surface area contributed by atoms with Crippen LogP contribution in [0.3, 0.4) is 0 Å². The summed E-state index contributed by atoms with van der Waals surface area (Å²) in [5.74, 6) is 1.56. The summed E-state index contributed by atoms with van der Waals surface area (Å²) in [6.07, 6.45) is 5.24. The van der Waals surface area contributed by atoms with E-state index < -0.39 is 6.43 Å². The van der Waals surface area contributed by atoms with E-state index in [0.717, 1.165) is 54.5 Å². The summed E-state index contributed by atoms with van der Waals surface area (Å²) in [6, 6.07) is 3.45. The number of fused-ring (bicyclic) bond motifs is 2. The van der Waals surface area contributed by atoms with Crippen LogP contribution in [0.25, 0.3) is 11.1 Å². The van der Waals surface area contributed by atoms with Gasteiger partial charge in [0.1, 0.15) is 0 Å². The normalized spacial score (nSPS) is 18.5. The van der Waals surface area contributed by atoms with Gasteiger partial charge in [-0.3, -0.25) is 9.78 Å². The number of amides is 1. The molecule has 0 saturated carbocycles. The summed E-state index contributed by atoms with van der Waals surface area (Å²) in [4.78, 5) is 15.7. The van der Waals surface area contributed by atoms with Crippen molar-refractivity contribution in [2.24, 2.45) is 13.0 Å². The highest BCUT2D eigenvalue weighted by Gasteiger charge is 2.31. The number of methoxy groups -OCH3 is 1. The van der Waals surface area contributed by atoms with Gasteiger partial charge in [0.2, 0.25) is 0 Å². The first-order valence-electron chi connectivity index (χ1n) is 13.6. The zero-order valence-corrected chi connectivity index (χ0v) is 22.8. The Morgan fingerprint density at radius 3 is 2.77 bits per heavy atom. The van der Waals surface area contributed by atoms with Crippen molar-refractivity contribution in [3.63, 3.8) is 0 Å². The Hall–Kier alpha value is -3.47. The van der Waals surface area contributed by atoms with Crippen LogP contribution >= 0.6 is 0 Å². The molecule has 1 saturated heterocycles. The molecular weight excluding hydrogens is 506 g/mol. The maximum Gasteiger partial charge on any atom is 0.409 e. The second-order valence-electron chi connectivity index (χ2n) is 10.3. The van der Waals surface area contributed by atoms with E-state index in [1.54, 1.807) is 35.1 Å². The van der Waals surface area contributed by atoms with Crippen molar-refractivity contribution in [3.8, 4) is 11.1 Å². The average Bonchev–Trinajstić information content (AvgIpc) is 3.72. The van der Waals surface area contributed by atoms with Gasteiger partial charge in [-0.15, -0.1) is 0 Å². The molecule has 2 aromatic heterocycles. The van der Waals surface area contributed by atoms with Crippen LogP contribution in [0.5, 0.6) is 0 Å². The number of benzene rings is 1. The molecule has 3 aliphatic heterocycles. The fourth-order valence-corrected chi connectivity index (χ4v) is 5.55. The molecule has 1 N–H and O–H groups in total. The monoisotopic (exact) mass is 542 g/mol. The number of rotatable bonds is 4. The second kappa shape index (κ2) is 11.7. The van der Waals surface area contributed by atoms with Gasteiger partial charge in [-0.2, -0.15) is 10.2 Å². The second-order valence-corrected chi connectivity index (χ2v) is 10.3. The van der Waals surface area contributed by atoms with E-state index in [1.807, 2.05) is 11.0 Å². The van der Waals surface area contributed by atoms with E-state index in [2.05, 4.69) is 22.2 Å². The molecule has 1 atom stereocenters. The Morgan fingerprint density at radius 1 is 1.28 bits per heavy atom. The maximum atomic E-state index is 14.1. The fourth-order valence-electron chi connectivity index (χ4n) is 5.55. The van der Waals surface area contributed by atoms with Crippen LogP contribution in [0, 0.1) is 5.92 Å². The standard InChI is InChI=1S/C22H24F2N6O2.C6H12O/c1-28-11-14(10-25-28)15-8-13-4-3-6-30(19(13)9-16(15)20(23)24)21-17-12-29(22(31)32-2)7-5-18(17)26-27-21;1-2-6-3-4-7-5-6/h8-11,20H,3-7,12H2,1-2H3,(H,26,27);6H,2-5H2,1H3/t;6-/m.0/s1. The van der Waals surface area contributed by atoms with E-state index in [-0.39, 0.29) is 11.7 Å². The highest BCUT2D eigenvalue weighted by molar-refractivity contribution is 5.77. The van der Waals surface area contributed by atoms with Crippen molar-refractivity contribution >= 4 is 17.6 Å². The number of nitrogens with zero attached hydrogens (tertiary/aromatic N) is 5. The van der Waals surface area contributed by atoms with Gasteiger partial charge >= 0.3 is 6.09 Å². The van der Waals surface area contributed by atoms with Crippen LogP contribution in [0.15, 0.2) is 24.5 Å². The largest absolute Gasteiger partial charge is 0.453 e. The molecule has 1 amide bonds. The summed E-state index contributed by atoms with van der Waals surface area (Å²) >= 11 is 0. The van der Waals surface area contributed by atoms with Gasteiger partial charge in [0, 0.05) is 74.0 Å². The first-order chi connectivity index (χ1) is 18.9. The summed E-state index contributed by atoms with van der Waals surface area (Å²) in [5.41, 5.74) is 4.77. The molecule has 1 aromatic carbocycles. The number of aromatic amines is 1. The molecule has 11 heteroatoms. The molecule has 9 nitrogen and oxygen atoms in total. The molecule has 39 heavy (non-hydrogen) atoms. The quantitative estimate of drug-likeness (QED) is 0.476. The Kier molecular flexibility index (Phi) is 8.15. The van der Waals surface area contributed by atoms with Crippen molar-refractivity contribution in [2.75, 3.05) is 38.3 Å². The first-order valence-corrected chi connectivity index (χ1v) is 13.6. The third-order valence-corrected chi connectivity index (χ3v) is 7.82. The zero-order chi connectivity index (χ0) is 27.5. The van der Waals surface area contributed by atoms with Crippen LogP contribution in [0.2, 0.25) is 0 Å². The lowest BCUT2D eigenvalue weighted by atomic mass is 9.93. The molecule has 0 aliphatic carbocycles. The summed E-state index contributed by atoms with van der Waals surface area (Å²) in [7, 11) is 3.13. The number of aromatic nitrogens is 4. The number of nitrogens with one attached hydrogen (secondary N) is 1. The molecule has 0 unspecified atom stereocenters. The molecule has 0 bridgehead atoms. The molecular formula is C28H36F2N6O3. The molecule has 5 heterocycles. The number of aryl methyl sites for hydroxylation is 2. The van der Waals surface area contributed by atoms with Crippen molar-refractivity contribution in [1.29, 1.82) is 0 Å². The minimum absolute atomic E-state index is 0.0239. The molecule has 6 rings (SSSR count). The lowest BCUT2D eigenvalue weighted by Crippen LogP contribution is -2.36. The molecule has 1 fully saturated rings. The van der Waals surface area contributed by atoms with Crippen LogP contribution in [-0.4, -0.2) is 64.4 Å². The summed E-state index contributed by atoms with van der Waals surface area (Å²) in [5, 5.41) is 11.7. The molecule has 3 aromatic rings.